The predicted octanol–water partition coefficient (Wildman–Crippen LogP) is -1.10. The molecule has 46 heavy (non-hydrogen) atoms. The number of carbonyl (C=O) groups excluding carboxylic acids is 4. The Kier molecular flexibility index (Phi) is 34.8. The van der Waals surface area contributed by atoms with Crippen LogP contribution in [0.15, 0.2) is 36.4 Å². The third-order valence-corrected chi connectivity index (χ3v) is 4.15. The minimum absolute atomic E-state index is 0. The quantitative estimate of drug-likeness (QED) is 0.0777. The van der Waals surface area contributed by atoms with Crippen molar-refractivity contribution in [3.63, 3.8) is 0 Å². The molecule has 15 nitrogen and oxygen atoms in total. The number of aromatic hydroxyl groups is 4. The van der Waals surface area contributed by atoms with Crippen molar-refractivity contribution in [2.75, 3.05) is 13.1 Å². The smallest absolute Gasteiger partial charge is 0.793 e. The third-order valence-electron chi connectivity index (χ3n) is 4.15. The van der Waals surface area contributed by atoms with Crippen LogP contribution in [0.2, 0.25) is 0 Å². The number of carbonyl (C=O) groups is 4. The Morgan fingerprint density at radius 2 is 1.07 bits per heavy atom. The van der Waals surface area contributed by atoms with Gasteiger partial charge in [0.2, 0.25) is 5.97 Å². The molecule has 0 aliphatic heterocycles. The largest absolute Gasteiger partial charge is 1.00 e. The molecule has 2 atom stereocenters. The molecule has 0 aliphatic rings. The monoisotopic (exact) mass is 685 g/mol. The van der Waals surface area contributed by atoms with Crippen LogP contribution in [0.5, 0.6) is 23.0 Å². The van der Waals surface area contributed by atoms with Crippen LogP contribution >= 0.6 is 12.4 Å². The van der Waals surface area contributed by atoms with E-state index in [1.54, 1.807) is 6.07 Å². The SMILES string of the molecule is CC(=O)OOC(C)=O.CC(C)=O.CC(C)NCC(O)c1ccc(O)c(O)c1.Cl.NCC(O)c1ccc(O)c(O)c1.[B-]OC(C)=O.[Na+]. The average molecular weight is 686 g/mol. The number of phenolic OH excluding ortho intramolecular Hbond substituents is 4. The van der Waals surface area contributed by atoms with E-state index in [0.717, 1.165) is 13.8 Å². The van der Waals surface area contributed by atoms with Gasteiger partial charge in [0.15, 0.2) is 23.0 Å². The van der Waals surface area contributed by atoms with Gasteiger partial charge in [-0.2, -0.15) is 0 Å². The fourth-order valence-corrected chi connectivity index (χ4v) is 2.21. The topological polar surface area (TPSA) is 255 Å². The standard InChI is InChI=1S/C11H17NO3.C8H11NO3.C4H6O4.C3H6O.C2H3BO2.ClH.Na/c1-7(2)12-6-11(15)8-3-4-9(13)10(14)5-8;9-4-8(12)5-1-2-6(10)7(11)3-5;1-3(5)7-8-4(2)6;1-3(2)4;1-2(4)5-3;;/h3-5,7,11-15H,6H2,1-2H3;1-3,8,10-12H,4,9H2;1-2H3;1-2H3;1H3;1H;/q;;;;-1;;+1. The number of ketones is 1. The normalized spacial score (nSPS) is 10.3. The van der Waals surface area contributed by atoms with Crippen molar-refractivity contribution in [2.45, 2.75) is 66.7 Å². The Morgan fingerprint density at radius 1 is 0.739 bits per heavy atom. The second kappa shape index (κ2) is 30.6. The van der Waals surface area contributed by atoms with Gasteiger partial charge in [0.05, 0.1) is 12.2 Å². The Balaban J connectivity index is -0.000000163. The van der Waals surface area contributed by atoms with Crippen LogP contribution in [0.4, 0.5) is 0 Å². The van der Waals surface area contributed by atoms with Gasteiger partial charge in [-0.15, -0.1) is 12.4 Å². The van der Waals surface area contributed by atoms with Gasteiger partial charge in [-0.1, -0.05) is 26.0 Å². The summed E-state index contributed by atoms with van der Waals surface area (Å²) in [7, 11) is 4.32. The number of nitrogens with two attached hydrogens (primary N) is 1. The molecule has 3 radical (unpaired) electrons. The van der Waals surface area contributed by atoms with Crippen molar-refractivity contribution in [3.8, 4) is 23.0 Å². The van der Waals surface area contributed by atoms with Crippen molar-refractivity contribution in [3.05, 3.63) is 47.5 Å². The minimum atomic E-state index is -0.795. The number of rotatable bonds is 6. The summed E-state index contributed by atoms with van der Waals surface area (Å²) < 4.78 is 3.61. The van der Waals surface area contributed by atoms with Crippen molar-refractivity contribution < 1.29 is 93.8 Å². The second-order valence-electron chi connectivity index (χ2n) is 8.99. The molecular formula is C28H44BClN2NaO13. The van der Waals surface area contributed by atoms with Gasteiger partial charge < -0.3 is 59.2 Å². The van der Waals surface area contributed by atoms with Crippen LogP contribution in [0.25, 0.3) is 0 Å². The molecule has 0 saturated carbocycles. The number of aliphatic hydroxyl groups excluding tert-OH is 2. The third kappa shape index (κ3) is 32.3. The van der Waals surface area contributed by atoms with Crippen LogP contribution in [0.3, 0.4) is 0 Å². The maximum atomic E-state index is 9.85. The summed E-state index contributed by atoms with van der Waals surface area (Å²) in [5.74, 6) is -2.42. The number of nitrogens with one attached hydrogen (secondary N) is 1. The molecule has 0 bridgehead atoms. The maximum Gasteiger partial charge on any atom is 1.00 e. The molecule has 2 unspecified atom stereocenters. The zero-order valence-electron chi connectivity index (χ0n) is 27.2. The first-order valence-corrected chi connectivity index (χ1v) is 12.8. The van der Waals surface area contributed by atoms with Gasteiger partial charge >= 0.3 is 41.5 Å². The Hall–Kier alpha value is -3.09. The van der Waals surface area contributed by atoms with Gasteiger partial charge in [-0.3, -0.25) is 4.79 Å². The Morgan fingerprint density at radius 3 is 1.30 bits per heavy atom. The van der Waals surface area contributed by atoms with Crippen molar-refractivity contribution >= 4 is 44.1 Å². The van der Waals surface area contributed by atoms with Crippen LogP contribution < -0.4 is 40.6 Å². The van der Waals surface area contributed by atoms with Gasteiger partial charge in [-0.25, -0.2) is 19.4 Å². The van der Waals surface area contributed by atoms with Crippen LogP contribution in [-0.4, -0.2) is 81.5 Å². The summed E-state index contributed by atoms with van der Waals surface area (Å²) in [6.45, 7) is 11.1. The first-order chi connectivity index (χ1) is 20.3. The number of phenols is 4. The van der Waals surface area contributed by atoms with E-state index in [-0.39, 0.29) is 77.3 Å². The summed E-state index contributed by atoms with van der Waals surface area (Å²) in [6.07, 6.45) is -1.48. The van der Waals surface area contributed by atoms with Crippen molar-refractivity contribution in [1.29, 1.82) is 0 Å². The Labute approximate surface area is 298 Å². The predicted molar refractivity (Wildman–Crippen MR) is 166 cm³/mol. The molecule has 2 aromatic rings. The number of aliphatic hydroxyl groups is 2. The molecule has 18 heteroatoms. The summed E-state index contributed by atoms with van der Waals surface area (Å²) >= 11 is 0. The first kappa shape index (κ1) is 52.4. The molecule has 0 heterocycles. The van der Waals surface area contributed by atoms with E-state index in [4.69, 9.17) is 21.1 Å². The number of benzene rings is 2. The number of hydrogen-bond donors (Lipinski definition) is 8. The molecule has 0 aliphatic carbocycles. The Bertz CT molecular complexity index is 1140. The number of halogens is 1. The van der Waals surface area contributed by atoms with Gasteiger partial charge in [-0.05, 0) is 49.2 Å². The summed E-state index contributed by atoms with van der Waals surface area (Å²) in [6, 6.07) is 8.71. The minimum Gasteiger partial charge on any atom is -0.793 e. The van der Waals surface area contributed by atoms with Crippen molar-refractivity contribution in [1.82, 2.24) is 5.32 Å². The van der Waals surface area contributed by atoms with E-state index in [1.165, 1.54) is 51.1 Å². The number of Topliss-reactive ketones (excluding diaryl/α,β-unsaturated/α-hetero) is 1. The van der Waals surface area contributed by atoms with E-state index >= 15 is 0 Å². The average Bonchev–Trinajstić information content (AvgIpc) is 2.93. The van der Waals surface area contributed by atoms with E-state index in [1.807, 2.05) is 13.8 Å². The number of hydrogen-bond acceptors (Lipinski definition) is 15. The first-order valence-electron chi connectivity index (χ1n) is 12.8. The van der Waals surface area contributed by atoms with Gasteiger partial charge in [0.25, 0.3) is 0 Å². The van der Waals surface area contributed by atoms with E-state index in [2.05, 4.69) is 27.8 Å². The zero-order chi connectivity index (χ0) is 35.0. The molecule has 0 amide bonds. The summed E-state index contributed by atoms with van der Waals surface area (Å²) in [5, 5.41) is 58.4. The summed E-state index contributed by atoms with van der Waals surface area (Å²) in [5.41, 5.74) is 6.27. The molecule has 0 aromatic heterocycles. The van der Waals surface area contributed by atoms with Gasteiger partial charge in [0.1, 0.15) is 5.78 Å². The van der Waals surface area contributed by atoms with Crippen molar-refractivity contribution in [2.24, 2.45) is 5.73 Å². The molecule has 0 fully saturated rings. The second-order valence-corrected chi connectivity index (χ2v) is 8.99. The van der Waals surface area contributed by atoms with Crippen LogP contribution in [-0.2, 0) is 33.6 Å². The molecule has 2 rings (SSSR count). The molecular weight excluding hydrogens is 642 g/mol. The molecule has 0 spiro atoms. The van der Waals surface area contributed by atoms with E-state index in [9.17, 15) is 34.5 Å². The fourth-order valence-electron chi connectivity index (χ4n) is 2.21. The molecule has 255 valence electrons. The van der Waals surface area contributed by atoms with Gasteiger partial charge in [0, 0.05) is 39.9 Å². The molecule has 2 aromatic carbocycles. The molecule has 9 N–H and O–H groups in total. The fraction of sp³-hybridized carbons (Fsp3) is 0.429. The zero-order valence-corrected chi connectivity index (χ0v) is 30.0. The van der Waals surface area contributed by atoms with Crippen LogP contribution in [0, 0.1) is 0 Å². The molecule has 0 saturated heterocycles. The maximum absolute atomic E-state index is 9.85. The summed E-state index contributed by atoms with van der Waals surface area (Å²) in [4.78, 5) is 46.2. The van der Waals surface area contributed by atoms with Crippen LogP contribution in [0.1, 0.15) is 71.8 Å². The van der Waals surface area contributed by atoms with E-state index < -0.39 is 30.1 Å². The van der Waals surface area contributed by atoms with E-state index in [0.29, 0.717) is 23.7 Å².